The van der Waals surface area contributed by atoms with Gasteiger partial charge >= 0.3 is 0 Å². The second-order valence-electron chi connectivity index (χ2n) is 4.86. The van der Waals surface area contributed by atoms with E-state index in [2.05, 4.69) is 43.7 Å². The lowest BCUT2D eigenvalue weighted by atomic mass is 9.97. The van der Waals surface area contributed by atoms with Gasteiger partial charge in [0.25, 0.3) is 0 Å². The minimum absolute atomic E-state index is 0.0128. The molecule has 0 amide bonds. The lowest BCUT2D eigenvalue weighted by Gasteiger charge is -2.23. The minimum atomic E-state index is -0.0128. The largest absolute Gasteiger partial charge is 0.366 e. The molecule has 0 rings (SSSR count). The molecule has 0 aromatic heterocycles. The van der Waals surface area contributed by atoms with Crippen LogP contribution < -0.4 is 5.32 Å². The average Bonchev–Trinajstić information content (AvgIpc) is 1.99. The summed E-state index contributed by atoms with van der Waals surface area (Å²) in [5.74, 6) is 1.37. The van der Waals surface area contributed by atoms with Crippen LogP contribution in [0.5, 0.6) is 0 Å². The number of hydrogen-bond donors (Lipinski definition) is 2. The molecule has 2 nitrogen and oxygen atoms in total. The Kier molecular flexibility index (Phi) is 6.10. The molecule has 0 aromatic carbocycles. The fourth-order valence-electron chi connectivity index (χ4n) is 0.989. The maximum absolute atomic E-state index is 5.73. The molecule has 2 radical (unpaired) electrons. The quantitative estimate of drug-likeness (QED) is 0.326. The third kappa shape index (κ3) is 8.61. The van der Waals surface area contributed by atoms with Gasteiger partial charge in [0.15, 0.2) is 0 Å². The molecule has 1 N–H and O–H groups in total. The van der Waals surface area contributed by atoms with Crippen molar-refractivity contribution in [2.45, 2.75) is 46.2 Å². The Morgan fingerprint density at radius 1 is 1.47 bits per heavy atom. The molecule has 0 unspecified atom stereocenters. The summed E-state index contributed by atoms with van der Waals surface area (Å²) in [4.78, 5) is 4.47. The number of amidine groups is 1. The Labute approximate surface area is 100 Å². The Balaban J connectivity index is 4.76. The van der Waals surface area contributed by atoms with Crippen molar-refractivity contribution in [2.75, 3.05) is 5.75 Å². The van der Waals surface area contributed by atoms with Crippen molar-refractivity contribution in [1.82, 2.24) is 5.32 Å². The van der Waals surface area contributed by atoms with E-state index in [-0.39, 0.29) is 11.6 Å². The van der Waals surface area contributed by atoms with E-state index in [9.17, 15) is 0 Å². The first-order chi connectivity index (χ1) is 6.74. The molecule has 4 heteroatoms. The van der Waals surface area contributed by atoms with Gasteiger partial charge in [-0.05, 0) is 40.7 Å². The molecule has 84 valence electrons. The number of aliphatic imine (C=N–C) groups is 1. The first kappa shape index (κ1) is 14.6. The predicted molar refractivity (Wildman–Crippen MR) is 73.1 cm³/mol. The molecule has 0 spiro atoms. The van der Waals surface area contributed by atoms with Gasteiger partial charge in [0, 0.05) is 17.3 Å². The topological polar surface area (TPSA) is 24.4 Å². The molecular formula is C11H21BN2S. The van der Waals surface area contributed by atoms with Crippen molar-refractivity contribution >= 4 is 26.3 Å². The van der Waals surface area contributed by atoms with E-state index < -0.39 is 0 Å². The van der Waals surface area contributed by atoms with E-state index in [0.717, 1.165) is 11.3 Å². The van der Waals surface area contributed by atoms with Crippen LogP contribution in [0.25, 0.3) is 0 Å². The molecule has 0 bridgehead atoms. The SMILES string of the molecule is [B]/C(=C/C(=NC(C)C)NC(C)(C)C)CS. The van der Waals surface area contributed by atoms with Gasteiger partial charge in [-0.3, -0.25) is 4.99 Å². The highest BCUT2D eigenvalue weighted by Gasteiger charge is 2.11. The summed E-state index contributed by atoms with van der Waals surface area (Å²) in [5.41, 5.74) is 0.704. The highest BCUT2D eigenvalue weighted by atomic mass is 32.1. The van der Waals surface area contributed by atoms with Crippen molar-refractivity contribution in [1.29, 1.82) is 0 Å². The molecule has 0 saturated heterocycles. The Morgan fingerprint density at radius 2 is 2.00 bits per heavy atom. The van der Waals surface area contributed by atoms with Gasteiger partial charge in [0.1, 0.15) is 13.7 Å². The molecule has 0 heterocycles. The summed E-state index contributed by atoms with van der Waals surface area (Å²) in [6.45, 7) is 10.3. The third-order valence-corrected chi connectivity index (χ3v) is 1.77. The summed E-state index contributed by atoms with van der Waals surface area (Å²) < 4.78 is 0. The molecule has 0 aromatic rings. The summed E-state index contributed by atoms with van der Waals surface area (Å²) in [5, 5.41) is 3.31. The summed E-state index contributed by atoms with van der Waals surface area (Å²) in [7, 11) is 5.73. The summed E-state index contributed by atoms with van der Waals surface area (Å²) in [6, 6.07) is 0.249. The smallest absolute Gasteiger partial charge is 0.120 e. The molecule has 0 fully saturated rings. The van der Waals surface area contributed by atoms with E-state index in [1.165, 1.54) is 0 Å². The van der Waals surface area contributed by atoms with Crippen LogP contribution in [0.1, 0.15) is 34.6 Å². The van der Waals surface area contributed by atoms with Gasteiger partial charge in [-0.1, -0.05) is 0 Å². The highest BCUT2D eigenvalue weighted by Crippen LogP contribution is 2.02. The number of thiol groups is 1. The van der Waals surface area contributed by atoms with Gasteiger partial charge in [-0.15, -0.1) is 5.47 Å². The maximum atomic E-state index is 5.73. The standard InChI is InChI=1S/C11H21BN2S/c1-8(2)13-10(6-9(12)7-15)14-11(3,4)5/h6,8,15H,7H2,1-5H3,(H,13,14)/b9-6+. The van der Waals surface area contributed by atoms with E-state index >= 15 is 0 Å². The van der Waals surface area contributed by atoms with Gasteiger partial charge in [0.05, 0.1) is 0 Å². The molecule has 0 aliphatic heterocycles. The first-order valence-corrected chi connectivity index (χ1v) is 5.80. The van der Waals surface area contributed by atoms with Crippen LogP contribution >= 0.6 is 12.6 Å². The Bertz CT molecular complexity index is 252. The Hall–Kier alpha value is -0.375. The van der Waals surface area contributed by atoms with Crippen molar-refractivity contribution < 1.29 is 0 Å². The highest BCUT2D eigenvalue weighted by molar-refractivity contribution is 7.80. The van der Waals surface area contributed by atoms with Crippen LogP contribution in [0.3, 0.4) is 0 Å². The predicted octanol–water partition coefficient (Wildman–Crippen LogP) is 2.16. The molecular weight excluding hydrogens is 203 g/mol. The van der Waals surface area contributed by atoms with Gasteiger partial charge in [-0.2, -0.15) is 12.6 Å². The van der Waals surface area contributed by atoms with E-state index in [0.29, 0.717) is 5.75 Å². The van der Waals surface area contributed by atoms with E-state index in [1.807, 2.05) is 19.9 Å². The van der Waals surface area contributed by atoms with Crippen LogP contribution in [-0.4, -0.2) is 31.0 Å². The van der Waals surface area contributed by atoms with Crippen molar-refractivity contribution in [3.8, 4) is 0 Å². The summed E-state index contributed by atoms with van der Waals surface area (Å²) >= 11 is 4.12. The zero-order valence-electron chi connectivity index (χ0n) is 10.3. The van der Waals surface area contributed by atoms with Crippen molar-refractivity contribution in [3.05, 3.63) is 11.5 Å². The minimum Gasteiger partial charge on any atom is -0.366 e. The lowest BCUT2D eigenvalue weighted by Crippen LogP contribution is -2.40. The fourth-order valence-corrected chi connectivity index (χ4v) is 1.08. The van der Waals surface area contributed by atoms with Crippen molar-refractivity contribution in [3.63, 3.8) is 0 Å². The molecule has 0 atom stereocenters. The summed E-state index contributed by atoms with van der Waals surface area (Å²) in [6.07, 6.45) is 1.85. The number of rotatable bonds is 3. The second kappa shape index (κ2) is 6.26. The zero-order valence-corrected chi connectivity index (χ0v) is 11.2. The zero-order chi connectivity index (χ0) is 12.1. The maximum Gasteiger partial charge on any atom is 0.120 e. The van der Waals surface area contributed by atoms with Gasteiger partial charge < -0.3 is 5.32 Å². The third-order valence-electron chi connectivity index (χ3n) is 1.41. The molecule has 0 saturated carbocycles. The Morgan fingerprint density at radius 3 is 2.33 bits per heavy atom. The van der Waals surface area contributed by atoms with E-state index in [4.69, 9.17) is 7.85 Å². The second-order valence-corrected chi connectivity index (χ2v) is 5.18. The normalized spacial score (nSPS) is 14.6. The number of nitrogens with one attached hydrogen (secondary N) is 1. The van der Waals surface area contributed by atoms with Crippen LogP contribution in [0, 0.1) is 0 Å². The lowest BCUT2D eigenvalue weighted by molar-refractivity contribution is 0.510. The number of hydrogen-bond acceptors (Lipinski definition) is 2. The van der Waals surface area contributed by atoms with Gasteiger partial charge in [-0.25, -0.2) is 0 Å². The number of nitrogens with zero attached hydrogens (tertiary/aromatic N) is 1. The van der Waals surface area contributed by atoms with Crippen molar-refractivity contribution in [2.24, 2.45) is 4.99 Å². The van der Waals surface area contributed by atoms with E-state index in [1.54, 1.807) is 0 Å². The van der Waals surface area contributed by atoms with Crippen LogP contribution in [0.4, 0.5) is 0 Å². The van der Waals surface area contributed by atoms with Crippen LogP contribution in [0.15, 0.2) is 16.5 Å². The van der Waals surface area contributed by atoms with Crippen LogP contribution in [0.2, 0.25) is 0 Å². The fraction of sp³-hybridized carbons (Fsp3) is 0.727. The average molecular weight is 224 g/mol. The molecule has 15 heavy (non-hydrogen) atoms. The van der Waals surface area contributed by atoms with Gasteiger partial charge in [0.2, 0.25) is 0 Å². The first-order valence-electron chi connectivity index (χ1n) is 5.17. The monoisotopic (exact) mass is 224 g/mol. The van der Waals surface area contributed by atoms with Crippen LogP contribution in [-0.2, 0) is 0 Å². The molecule has 0 aliphatic rings. The molecule has 0 aliphatic carbocycles.